The number of amides is 2. The number of anilines is 1. The van der Waals surface area contributed by atoms with E-state index in [0.29, 0.717) is 28.5 Å². The Bertz CT molecular complexity index is 1690. The molecule has 5 rings (SSSR count). The van der Waals surface area contributed by atoms with E-state index in [-0.39, 0.29) is 11.6 Å². The Hall–Kier alpha value is -4.44. The van der Waals surface area contributed by atoms with Crippen LogP contribution in [0.15, 0.2) is 64.8 Å². The Morgan fingerprint density at radius 3 is 2.50 bits per heavy atom. The zero-order valence-electron chi connectivity index (χ0n) is 20.0. The van der Waals surface area contributed by atoms with Gasteiger partial charge in [-0.3, -0.25) is 9.59 Å². The molecule has 0 aliphatic rings. The highest BCUT2D eigenvalue weighted by molar-refractivity contribution is 7.14. The van der Waals surface area contributed by atoms with Crippen molar-refractivity contribution in [1.29, 1.82) is 0 Å². The Morgan fingerprint density at radius 1 is 1.11 bits per heavy atom. The van der Waals surface area contributed by atoms with Crippen molar-refractivity contribution in [3.63, 3.8) is 0 Å². The summed E-state index contributed by atoms with van der Waals surface area (Å²) >= 11 is 1.37. The summed E-state index contributed by atoms with van der Waals surface area (Å²) in [4.78, 5) is 37.7. The van der Waals surface area contributed by atoms with Gasteiger partial charge in [0.05, 0.1) is 11.2 Å². The van der Waals surface area contributed by atoms with Gasteiger partial charge in [-0.15, -0.1) is 11.3 Å². The van der Waals surface area contributed by atoms with Crippen LogP contribution in [0.4, 0.5) is 5.69 Å². The largest absolute Gasteiger partial charge is 0.366 e. The maximum absolute atomic E-state index is 13.2. The van der Waals surface area contributed by atoms with Crippen molar-refractivity contribution in [3.05, 3.63) is 86.7 Å². The van der Waals surface area contributed by atoms with Gasteiger partial charge in [-0.1, -0.05) is 18.2 Å². The number of fused-ring (bicyclic) bond motifs is 1. The van der Waals surface area contributed by atoms with Crippen molar-refractivity contribution in [2.75, 3.05) is 5.32 Å². The number of thiophene rings is 1. The Balaban J connectivity index is 1.50. The second kappa shape index (κ2) is 8.97. The monoisotopic (exact) mass is 500 g/mol. The van der Waals surface area contributed by atoms with Crippen LogP contribution in [-0.4, -0.2) is 30.7 Å². The molecule has 0 saturated heterocycles. The summed E-state index contributed by atoms with van der Waals surface area (Å²) < 4.78 is 4.99. The van der Waals surface area contributed by atoms with Crippen LogP contribution in [0.5, 0.6) is 0 Å². The summed E-state index contributed by atoms with van der Waals surface area (Å²) in [5, 5.41) is 10.0. The zero-order chi connectivity index (χ0) is 25.6. The molecule has 0 fully saturated rings. The molecule has 3 N–H and O–H groups in total. The molecule has 2 amide bonds. The summed E-state index contributed by atoms with van der Waals surface area (Å²) in [6.07, 6.45) is 0. The summed E-state index contributed by atoms with van der Waals surface area (Å²) in [6, 6.07) is 16.3. The summed E-state index contributed by atoms with van der Waals surface area (Å²) in [5.74, 6) is -0.189. The summed E-state index contributed by atoms with van der Waals surface area (Å²) in [6.45, 7) is 4.49. The molecule has 9 nitrogen and oxygen atoms in total. The molecule has 3 heterocycles. The maximum atomic E-state index is 13.2. The molecule has 3 aromatic heterocycles. The highest BCUT2D eigenvalue weighted by Crippen LogP contribution is 2.35. The van der Waals surface area contributed by atoms with Gasteiger partial charge in [0.15, 0.2) is 0 Å². The van der Waals surface area contributed by atoms with Crippen LogP contribution in [-0.2, 0) is 13.6 Å². The van der Waals surface area contributed by atoms with E-state index >= 15 is 0 Å². The molecule has 5 aromatic rings. The van der Waals surface area contributed by atoms with Crippen molar-refractivity contribution in [2.45, 2.75) is 20.4 Å². The lowest BCUT2D eigenvalue weighted by Gasteiger charge is -2.11. The number of aromatic nitrogens is 4. The van der Waals surface area contributed by atoms with Gasteiger partial charge >= 0.3 is 5.69 Å². The minimum absolute atomic E-state index is 0.200. The highest BCUT2D eigenvalue weighted by Gasteiger charge is 2.20. The van der Waals surface area contributed by atoms with Gasteiger partial charge in [-0.2, -0.15) is 5.10 Å². The van der Waals surface area contributed by atoms with Crippen LogP contribution in [0.25, 0.3) is 27.8 Å². The first-order valence-corrected chi connectivity index (χ1v) is 12.2. The molecular formula is C26H24N6O3S. The standard InChI is InChI=1S/C26H24N6O3S/c1-4-31-21(16-8-10-20(11-9-16)32-15(2)29-30(3)26(32)35)13-18-14-36-23(22(18)31)25(34)28-19-7-5-6-17(12-19)24(27)33/h5-14H,4H2,1-3H3,(H2,27,33)(H,28,34). The van der Waals surface area contributed by atoms with Crippen molar-refractivity contribution in [2.24, 2.45) is 12.8 Å². The molecule has 182 valence electrons. The van der Waals surface area contributed by atoms with Crippen LogP contribution in [0.1, 0.15) is 32.8 Å². The van der Waals surface area contributed by atoms with Gasteiger partial charge in [-0.25, -0.2) is 14.0 Å². The second-order valence-electron chi connectivity index (χ2n) is 8.38. The number of nitrogens with two attached hydrogens (primary N) is 1. The van der Waals surface area contributed by atoms with Gasteiger partial charge in [0.2, 0.25) is 5.91 Å². The smallest absolute Gasteiger partial charge is 0.350 e. The normalized spacial score (nSPS) is 11.2. The molecule has 0 aliphatic heterocycles. The molecule has 2 aromatic carbocycles. The lowest BCUT2D eigenvalue weighted by molar-refractivity contribution is 0.0996. The van der Waals surface area contributed by atoms with Gasteiger partial charge in [0.25, 0.3) is 5.91 Å². The zero-order valence-corrected chi connectivity index (χ0v) is 20.8. The van der Waals surface area contributed by atoms with E-state index in [0.717, 1.165) is 27.8 Å². The number of hydrogen-bond acceptors (Lipinski definition) is 5. The fourth-order valence-corrected chi connectivity index (χ4v) is 5.35. The van der Waals surface area contributed by atoms with Crippen molar-refractivity contribution in [3.8, 4) is 16.9 Å². The van der Waals surface area contributed by atoms with Crippen molar-refractivity contribution >= 4 is 39.7 Å². The first-order valence-electron chi connectivity index (χ1n) is 11.3. The Kier molecular flexibility index (Phi) is 5.81. The molecule has 0 spiro atoms. The van der Waals surface area contributed by atoms with E-state index in [4.69, 9.17) is 5.73 Å². The number of nitrogens with one attached hydrogen (secondary N) is 1. The van der Waals surface area contributed by atoms with Crippen LogP contribution >= 0.6 is 11.3 Å². The summed E-state index contributed by atoms with van der Waals surface area (Å²) in [5.41, 5.74) is 9.53. The van der Waals surface area contributed by atoms with E-state index in [1.165, 1.54) is 16.0 Å². The third kappa shape index (κ3) is 3.91. The predicted molar refractivity (Wildman–Crippen MR) is 141 cm³/mol. The van der Waals surface area contributed by atoms with E-state index < -0.39 is 5.91 Å². The van der Waals surface area contributed by atoms with Crippen LogP contribution < -0.4 is 16.7 Å². The number of aryl methyl sites for hydroxylation is 3. The maximum Gasteiger partial charge on any atom is 0.350 e. The van der Waals surface area contributed by atoms with E-state index in [1.807, 2.05) is 36.6 Å². The predicted octanol–water partition coefficient (Wildman–Crippen LogP) is 3.93. The quantitative estimate of drug-likeness (QED) is 0.367. The van der Waals surface area contributed by atoms with E-state index in [1.54, 1.807) is 42.8 Å². The Morgan fingerprint density at radius 2 is 1.86 bits per heavy atom. The number of benzene rings is 2. The van der Waals surface area contributed by atoms with Crippen molar-refractivity contribution in [1.82, 2.24) is 18.9 Å². The van der Waals surface area contributed by atoms with Gasteiger partial charge in [-0.05, 0) is 55.8 Å². The lowest BCUT2D eigenvalue weighted by Crippen LogP contribution is -2.21. The number of hydrogen-bond donors (Lipinski definition) is 2. The van der Waals surface area contributed by atoms with Crippen LogP contribution in [0.3, 0.4) is 0 Å². The molecule has 10 heteroatoms. The first kappa shape index (κ1) is 23.3. The fourth-order valence-electron chi connectivity index (χ4n) is 4.42. The summed E-state index contributed by atoms with van der Waals surface area (Å²) in [7, 11) is 1.63. The number of carbonyl (C=O) groups excluding carboxylic acids is 2. The molecule has 0 atom stereocenters. The molecule has 36 heavy (non-hydrogen) atoms. The molecule has 0 aliphatic carbocycles. The third-order valence-electron chi connectivity index (χ3n) is 6.08. The van der Waals surface area contributed by atoms with Crippen LogP contribution in [0, 0.1) is 6.92 Å². The van der Waals surface area contributed by atoms with Gasteiger partial charge < -0.3 is 15.6 Å². The van der Waals surface area contributed by atoms with Gasteiger partial charge in [0.1, 0.15) is 10.7 Å². The lowest BCUT2D eigenvalue weighted by atomic mass is 10.1. The van der Waals surface area contributed by atoms with E-state index in [9.17, 15) is 14.4 Å². The third-order valence-corrected chi connectivity index (χ3v) is 7.07. The molecule has 0 radical (unpaired) electrons. The second-order valence-corrected chi connectivity index (χ2v) is 9.26. The number of primary amides is 1. The van der Waals surface area contributed by atoms with Crippen LogP contribution in [0.2, 0.25) is 0 Å². The van der Waals surface area contributed by atoms with E-state index in [2.05, 4.69) is 21.0 Å². The average Bonchev–Trinajstić information content (AvgIpc) is 3.51. The fraction of sp³-hybridized carbons (Fsp3) is 0.154. The average molecular weight is 501 g/mol. The minimum Gasteiger partial charge on any atom is -0.366 e. The molecule has 0 bridgehead atoms. The Labute approximate surface area is 210 Å². The van der Waals surface area contributed by atoms with Crippen molar-refractivity contribution < 1.29 is 9.59 Å². The SMILES string of the molecule is CCn1c(-c2ccc(-n3c(C)nn(C)c3=O)cc2)cc2csc(C(=O)Nc3cccc(C(N)=O)c3)c21. The molecular weight excluding hydrogens is 476 g/mol. The topological polar surface area (TPSA) is 117 Å². The molecule has 0 saturated carbocycles. The number of carbonyl (C=O) groups is 2. The number of nitrogens with zero attached hydrogens (tertiary/aromatic N) is 4. The molecule has 0 unspecified atom stereocenters. The van der Waals surface area contributed by atoms with Gasteiger partial charge in [0, 0.05) is 41.3 Å². The number of rotatable bonds is 6. The highest BCUT2D eigenvalue weighted by atomic mass is 32.1. The minimum atomic E-state index is -0.552. The first-order chi connectivity index (χ1) is 17.3.